The van der Waals surface area contributed by atoms with Gasteiger partial charge in [-0.25, -0.2) is 8.42 Å². The highest BCUT2D eigenvalue weighted by atomic mass is 32.2. The highest BCUT2D eigenvalue weighted by Gasteiger charge is 2.29. The lowest BCUT2D eigenvalue weighted by molar-refractivity contribution is -0.384. The van der Waals surface area contributed by atoms with Crippen LogP contribution in [-0.4, -0.2) is 61.4 Å². The molecule has 0 aromatic heterocycles. The van der Waals surface area contributed by atoms with Crippen LogP contribution in [0.15, 0.2) is 23.1 Å². The smallest absolute Gasteiger partial charge is 0.293 e. The van der Waals surface area contributed by atoms with E-state index in [9.17, 15) is 28.4 Å². The Bertz CT molecular complexity index is 790. The van der Waals surface area contributed by atoms with Crippen LogP contribution in [0, 0.1) is 10.1 Å². The van der Waals surface area contributed by atoms with Crippen molar-refractivity contribution < 1.29 is 23.2 Å². The number of nitrogens with zero attached hydrogens (tertiary/aromatic N) is 2. The Morgan fingerprint density at radius 3 is 2.44 bits per heavy atom. The molecule has 2 rings (SSSR count). The Hall–Kier alpha value is -2.24. The number of aliphatic hydroxyl groups excluding tert-OH is 1. The first-order chi connectivity index (χ1) is 12.8. The first-order valence-corrected chi connectivity index (χ1v) is 10.1. The molecule has 1 aliphatic rings. The minimum absolute atomic E-state index is 0.0440. The number of rotatable bonds is 7. The van der Waals surface area contributed by atoms with E-state index in [2.05, 4.69) is 10.6 Å². The summed E-state index contributed by atoms with van der Waals surface area (Å²) in [6.45, 7) is 0.198. The zero-order chi connectivity index (χ0) is 20.0. The number of aliphatic hydroxyl groups is 1. The molecule has 1 atom stereocenters. The van der Waals surface area contributed by atoms with Crippen molar-refractivity contribution >= 4 is 27.3 Å². The van der Waals surface area contributed by atoms with Gasteiger partial charge in [-0.2, -0.15) is 4.31 Å². The summed E-state index contributed by atoms with van der Waals surface area (Å²) in [5.41, 5.74) is -0.522. The van der Waals surface area contributed by atoms with Crippen molar-refractivity contribution in [1.82, 2.24) is 9.62 Å². The maximum absolute atomic E-state index is 12.8. The molecule has 1 aromatic rings. The van der Waals surface area contributed by atoms with Crippen molar-refractivity contribution in [3.63, 3.8) is 0 Å². The minimum atomic E-state index is -3.84. The summed E-state index contributed by atoms with van der Waals surface area (Å²) >= 11 is 0. The fourth-order valence-corrected chi connectivity index (χ4v) is 4.47. The number of anilines is 1. The molecule has 0 aliphatic carbocycles. The molecule has 1 amide bonds. The van der Waals surface area contributed by atoms with Crippen molar-refractivity contribution in [3.8, 4) is 0 Å². The molecule has 10 nitrogen and oxygen atoms in total. The fourth-order valence-electron chi connectivity index (χ4n) is 2.93. The second-order valence-electron chi connectivity index (χ2n) is 6.25. The lowest BCUT2D eigenvalue weighted by atomic mass is 10.2. The molecule has 0 saturated carbocycles. The van der Waals surface area contributed by atoms with Crippen LogP contribution in [0.25, 0.3) is 0 Å². The number of carbonyl (C=O) groups excluding carboxylic acids is 1. The number of nitro groups is 1. The maximum atomic E-state index is 12.8. The van der Waals surface area contributed by atoms with Gasteiger partial charge in [-0.1, -0.05) is 12.8 Å². The highest BCUT2D eigenvalue weighted by molar-refractivity contribution is 7.89. The molecule has 27 heavy (non-hydrogen) atoms. The molecule has 11 heteroatoms. The summed E-state index contributed by atoms with van der Waals surface area (Å²) in [5, 5.41) is 25.7. The van der Waals surface area contributed by atoms with Crippen LogP contribution in [0.4, 0.5) is 11.4 Å². The van der Waals surface area contributed by atoms with Crippen molar-refractivity contribution in [2.75, 3.05) is 32.1 Å². The van der Waals surface area contributed by atoms with Gasteiger partial charge in [-0.05, 0) is 25.0 Å². The molecule has 0 bridgehead atoms. The third-order valence-corrected chi connectivity index (χ3v) is 6.34. The summed E-state index contributed by atoms with van der Waals surface area (Å²) in [5.74, 6) is -0.548. The van der Waals surface area contributed by atoms with Gasteiger partial charge in [0.1, 0.15) is 11.7 Å². The van der Waals surface area contributed by atoms with E-state index in [1.165, 1.54) is 23.5 Å². The standard InChI is InChI=1S/C16H24N4O6S/c1-17-16(22)14(11-21)18-13-7-6-12(10-15(13)20(23)24)27(25,26)19-8-4-2-3-5-9-19/h6-7,10,14,18,21H,2-5,8-9,11H2,1H3,(H,17,22). The van der Waals surface area contributed by atoms with Gasteiger partial charge in [-0.3, -0.25) is 14.9 Å². The van der Waals surface area contributed by atoms with Gasteiger partial charge in [0.25, 0.3) is 5.69 Å². The van der Waals surface area contributed by atoms with E-state index in [0.717, 1.165) is 31.7 Å². The molecular formula is C16H24N4O6S. The Balaban J connectivity index is 2.36. The van der Waals surface area contributed by atoms with E-state index in [1.54, 1.807) is 0 Å². The molecule has 150 valence electrons. The van der Waals surface area contributed by atoms with Gasteiger partial charge in [0, 0.05) is 26.2 Å². The van der Waals surface area contributed by atoms with Gasteiger partial charge < -0.3 is 15.7 Å². The van der Waals surface area contributed by atoms with Crippen LogP contribution in [0.2, 0.25) is 0 Å². The number of carbonyl (C=O) groups is 1. The van der Waals surface area contributed by atoms with E-state index < -0.39 is 39.2 Å². The largest absolute Gasteiger partial charge is 0.394 e. The highest BCUT2D eigenvalue weighted by Crippen LogP contribution is 2.30. The summed E-state index contributed by atoms with van der Waals surface area (Å²) < 4.78 is 27.0. The number of hydrogen-bond donors (Lipinski definition) is 3. The number of benzene rings is 1. The molecule has 3 N–H and O–H groups in total. The van der Waals surface area contributed by atoms with Crippen molar-refractivity contribution in [2.45, 2.75) is 36.6 Å². The van der Waals surface area contributed by atoms with Crippen LogP contribution in [0.1, 0.15) is 25.7 Å². The molecule has 1 saturated heterocycles. The topological polar surface area (TPSA) is 142 Å². The Morgan fingerprint density at radius 1 is 1.30 bits per heavy atom. The molecule has 0 radical (unpaired) electrons. The van der Waals surface area contributed by atoms with E-state index in [4.69, 9.17) is 0 Å². The van der Waals surface area contributed by atoms with Gasteiger partial charge >= 0.3 is 0 Å². The molecule has 0 spiro atoms. The van der Waals surface area contributed by atoms with Gasteiger partial charge in [0.2, 0.25) is 15.9 Å². The lowest BCUT2D eigenvalue weighted by Gasteiger charge is -2.20. The van der Waals surface area contributed by atoms with Crippen LogP contribution in [-0.2, 0) is 14.8 Å². The third kappa shape index (κ3) is 4.93. The number of hydrogen-bond acceptors (Lipinski definition) is 7. The molecule has 1 heterocycles. The first-order valence-electron chi connectivity index (χ1n) is 8.69. The molecule has 1 aliphatic heterocycles. The van der Waals surface area contributed by atoms with Crippen molar-refractivity contribution in [2.24, 2.45) is 0 Å². The summed E-state index contributed by atoms with van der Waals surface area (Å²) in [6.07, 6.45) is 3.42. The molecule has 1 unspecified atom stereocenters. The zero-order valence-electron chi connectivity index (χ0n) is 15.1. The predicted molar refractivity (Wildman–Crippen MR) is 98.9 cm³/mol. The number of nitrogens with one attached hydrogen (secondary N) is 2. The average Bonchev–Trinajstić information content (AvgIpc) is 2.95. The summed E-state index contributed by atoms with van der Waals surface area (Å²) in [6, 6.07) is 2.41. The second kappa shape index (κ2) is 9.11. The molecule has 1 aromatic carbocycles. The van der Waals surface area contributed by atoms with Crippen LogP contribution < -0.4 is 10.6 Å². The van der Waals surface area contributed by atoms with Crippen molar-refractivity contribution in [1.29, 1.82) is 0 Å². The second-order valence-corrected chi connectivity index (χ2v) is 8.19. The third-order valence-electron chi connectivity index (χ3n) is 4.44. The van der Waals surface area contributed by atoms with Crippen LogP contribution >= 0.6 is 0 Å². The maximum Gasteiger partial charge on any atom is 0.293 e. The van der Waals surface area contributed by atoms with Gasteiger partial charge in [-0.15, -0.1) is 0 Å². The summed E-state index contributed by atoms with van der Waals surface area (Å²) in [7, 11) is -2.47. The monoisotopic (exact) mass is 400 g/mol. The Kier molecular flexibility index (Phi) is 7.11. The summed E-state index contributed by atoms with van der Waals surface area (Å²) in [4.78, 5) is 22.2. The Morgan fingerprint density at radius 2 is 1.93 bits per heavy atom. The quantitative estimate of drug-likeness (QED) is 0.451. The van der Waals surface area contributed by atoms with Crippen molar-refractivity contribution in [3.05, 3.63) is 28.3 Å². The zero-order valence-corrected chi connectivity index (χ0v) is 15.9. The Labute approximate surface area is 157 Å². The minimum Gasteiger partial charge on any atom is -0.394 e. The number of likely N-dealkylation sites (N-methyl/N-ethyl adjacent to an activating group) is 1. The number of amides is 1. The lowest BCUT2D eigenvalue weighted by Crippen LogP contribution is -2.40. The molecular weight excluding hydrogens is 376 g/mol. The number of sulfonamides is 1. The predicted octanol–water partition coefficient (Wildman–Crippen LogP) is 0.678. The van der Waals surface area contributed by atoms with Gasteiger partial charge in [0.15, 0.2) is 0 Å². The van der Waals surface area contributed by atoms with Gasteiger partial charge in [0.05, 0.1) is 16.4 Å². The molecule has 1 fully saturated rings. The van der Waals surface area contributed by atoms with E-state index in [0.29, 0.717) is 13.1 Å². The SMILES string of the molecule is CNC(=O)C(CO)Nc1ccc(S(=O)(=O)N2CCCCCC2)cc1[N+](=O)[O-]. The van der Waals surface area contributed by atoms with Crippen LogP contribution in [0.5, 0.6) is 0 Å². The normalized spacial score (nSPS) is 17.0. The average molecular weight is 400 g/mol. The van der Waals surface area contributed by atoms with E-state index in [1.807, 2.05) is 0 Å². The number of nitro benzene ring substituents is 1. The van der Waals surface area contributed by atoms with E-state index >= 15 is 0 Å². The first kappa shape index (κ1) is 21.1. The van der Waals surface area contributed by atoms with Crippen LogP contribution in [0.3, 0.4) is 0 Å². The van der Waals surface area contributed by atoms with E-state index in [-0.39, 0.29) is 10.6 Å². The fraction of sp³-hybridized carbons (Fsp3) is 0.562.